The highest BCUT2D eigenvalue weighted by molar-refractivity contribution is 5.30. The van der Waals surface area contributed by atoms with Crippen molar-refractivity contribution in [2.75, 3.05) is 13.2 Å². The van der Waals surface area contributed by atoms with Gasteiger partial charge in [0.25, 0.3) is 0 Å². The molecule has 0 unspecified atom stereocenters. The summed E-state index contributed by atoms with van der Waals surface area (Å²) in [7, 11) is 0. The Labute approximate surface area is 120 Å². The summed E-state index contributed by atoms with van der Waals surface area (Å²) in [6, 6.07) is 4.86. The molecule has 114 valence electrons. The molecule has 7 heteroatoms. The first kappa shape index (κ1) is 15.4. The molecule has 4 nitrogen and oxygen atoms in total. The molecule has 0 bridgehead atoms. The quantitative estimate of drug-likeness (QED) is 0.806. The van der Waals surface area contributed by atoms with Gasteiger partial charge in [-0.3, -0.25) is 5.10 Å². The van der Waals surface area contributed by atoms with Crippen LogP contribution in [0.1, 0.15) is 16.8 Å². The molecule has 1 aromatic carbocycles. The van der Waals surface area contributed by atoms with E-state index in [4.69, 9.17) is 4.74 Å². The summed E-state index contributed by atoms with van der Waals surface area (Å²) >= 11 is 0. The van der Waals surface area contributed by atoms with Crippen molar-refractivity contribution in [1.29, 1.82) is 0 Å². The number of nitrogens with zero attached hydrogens (tertiary/aromatic N) is 1. The second-order valence-corrected chi connectivity index (χ2v) is 4.57. The number of rotatable bonds is 6. The van der Waals surface area contributed by atoms with E-state index in [1.165, 1.54) is 12.1 Å². The van der Waals surface area contributed by atoms with Gasteiger partial charge in [-0.2, -0.15) is 18.3 Å². The van der Waals surface area contributed by atoms with Crippen LogP contribution in [0.3, 0.4) is 0 Å². The van der Waals surface area contributed by atoms with E-state index in [0.29, 0.717) is 13.1 Å². The third-order valence-corrected chi connectivity index (χ3v) is 2.96. The summed E-state index contributed by atoms with van der Waals surface area (Å²) in [6.45, 7) is 3.37. The van der Waals surface area contributed by atoms with Crippen LogP contribution in [0, 0.1) is 6.92 Å². The van der Waals surface area contributed by atoms with Gasteiger partial charge in [0.2, 0.25) is 0 Å². The summed E-state index contributed by atoms with van der Waals surface area (Å²) in [5.74, 6) is 0.214. The molecule has 0 aliphatic rings. The van der Waals surface area contributed by atoms with Crippen molar-refractivity contribution in [1.82, 2.24) is 15.5 Å². The van der Waals surface area contributed by atoms with Crippen LogP contribution in [0.4, 0.5) is 13.2 Å². The number of ether oxygens (including phenoxy) is 1. The van der Waals surface area contributed by atoms with Gasteiger partial charge < -0.3 is 10.1 Å². The van der Waals surface area contributed by atoms with Gasteiger partial charge in [-0.15, -0.1) is 0 Å². The number of hydrogen-bond donors (Lipinski definition) is 2. The van der Waals surface area contributed by atoms with Crippen LogP contribution in [-0.2, 0) is 12.7 Å². The van der Waals surface area contributed by atoms with Crippen LogP contribution in [-0.4, -0.2) is 23.3 Å². The smallest absolute Gasteiger partial charge is 0.416 e. The van der Waals surface area contributed by atoms with E-state index in [9.17, 15) is 13.2 Å². The maximum absolute atomic E-state index is 12.5. The average molecular weight is 299 g/mol. The number of aromatic amines is 1. The first-order valence-electron chi connectivity index (χ1n) is 6.46. The number of nitrogens with one attached hydrogen (secondary N) is 2. The first-order valence-corrected chi connectivity index (χ1v) is 6.46. The molecule has 1 heterocycles. The van der Waals surface area contributed by atoms with E-state index in [-0.39, 0.29) is 12.4 Å². The zero-order chi connectivity index (χ0) is 15.3. The Morgan fingerprint density at radius 2 is 2.14 bits per heavy atom. The van der Waals surface area contributed by atoms with Gasteiger partial charge in [-0.25, -0.2) is 0 Å². The number of halogens is 3. The summed E-state index contributed by atoms with van der Waals surface area (Å²) in [6.07, 6.45) is -2.62. The molecule has 2 rings (SSSR count). The van der Waals surface area contributed by atoms with Crippen LogP contribution in [0.25, 0.3) is 0 Å². The van der Waals surface area contributed by atoms with Crippen molar-refractivity contribution in [3.8, 4) is 5.75 Å². The van der Waals surface area contributed by atoms with Crippen molar-refractivity contribution in [2.45, 2.75) is 19.6 Å². The highest BCUT2D eigenvalue weighted by Gasteiger charge is 2.30. The summed E-state index contributed by atoms with van der Waals surface area (Å²) in [5.41, 5.74) is 1.33. The van der Waals surface area contributed by atoms with Gasteiger partial charge in [0.05, 0.1) is 11.8 Å². The van der Waals surface area contributed by atoms with Gasteiger partial charge in [0, 0.05) is 24.3 Å². The second kappa shape index (κ2) is 6.62. The molecule has 0 aliphatic carbocycles. The van der Waals surface area contributed by atoms with Crippen LogP contribution < -0.4 is 10.1 Å². The molecule has 0 radical (unpaired) electrons. The third kappa shape index (κ3) is 4.49. The molecule has 0 atom stereocenters. The van der Waals surface area contributed by atoms with Crippen LogP contribution in [0.2, 0.25) is 0 Å². The molecular formula is C14H16F3N3O. The number of aryl methyl sites for hydroxylation is 1. The lowest BCUT2D eigenvalue weighted by Gasteiger charge is -2.10. The predicted octanol–water partition coefficient (Wildman–Crippen LogP) is 2.91. The minimum absolute atomic E-state index is 0.214. The predicted molar refractivity (Wildman–Crippen MR) is 72.0 cm³/mol. The molecule has 0 saturated carbocycles. The fraction of sp³-hybridized carbons (Fsp3) is 0.357. The van der Waals surface area contributed by atoms with Gasteiger partial charge in [-0.05, 0) is 25.1 Å². The number of alkyl halides is 3. The van der Waals surface area contributed by atoms with E-state index in [2.05, 4.69) is 15.5 Å². The summed E-state index contributed by atoms with van der Waals surface area (Å²) in [4.78, 5) is 0. The molecular weight excluding hydrogens is 283 g/mol. The highest BCUT2D eigenvalue weighted by Crippen LogP contribution is 2.31. The average Bonchev–Trinajstić information content (AvgIpc) is 2.83. The molecule has 2 aromatic rings. The van der Waals surface area contributed by atoms with Crippen molar-refractivity contribution in [3.63, 3.8) is 0 Å². The van der Waals surface area contributed by atoms with E-state index < -0.39 is 11.7 Å². The number of benzene rings is 1. The second-order valence-electron chi connectivity index (χ2n) is 4.57. The van der Waals surface area contributed by atoms with E-state index >= 15 is 0 Å². The molecule has 0 amide bonds. The van der Waals surface area contributed by atoms with E-state index in [1.54, 1.807) is 6.20 Å². The summed E-state index contributed by atoms with van der Waals surface area (Å²) in [5, 5.41) is 9.86. The normalized spacial score (nSPS) is 11.6. The topological polar surface area (TPSA) is 49.9 Å². The number of hydrogen-bond acceptors (Lipinski definition) is 3. The maximum Gasteiger partial charge on any atom is 0.416 e. The van der Waals surface area contributed by atoms with Gasteiger partial charge in [0.1, 0.15) is 12.4 Å². The minimum atomic E-state index is -4.35. The summed E-state index contributed by atoms with van der Waals surface area (Å²) < 4.78 is 42.9. The van der Waals surface area contributed by atoms with Gasteiger partial charge in [0.15, 0.2) is 0 Å². The lowest BCUT2D eigenvalue weighted by molar-refractivity contribution is -0.137. The largest absolute Gasteiger partial charge is 0.492 e. The van der Waals surface area contributed by atoms with E-state index in [0.717, 1.165) is 23.4 Å². The Balaban J connectivity index is 1.75. The molecule has 2 N–H and O–H groups in total. The molecule has 0 spiro atoms. The molecule has 21 heavy (non-hydrogen) atoms. The van der Waals surface area contributed by atoms with Crippen molar-refractivity contribution < 1.29 is 17.9 Å². The number of H-pyrrole nitrogens is 1. The highest BCUT2D eigenvalue weighted by atomic mass is 19.4. The van der Waals surface area contributed by atoms with Crippen LogP contribution in [0.5, 0.6) is 5.75 Å². The first-order chi connectivity index (χ1) is 9.97. The fourth-order valence-electron chi connectivity index (χ4n) is 1.78. The monoisotopic (exact) mass is 299 g/mol. The Morgan fingerprint density at radius 1 is 1.33 bits per heavy atom. The Morgan fingerprint density at radius 3 is 2.81 bits per heavy atom. The third-order valence-electron chi connectivity index (χ3n) is 2.96. The minimum Gasteiger partial charge on any atom is -0.492 e. The van der Waals surface area contributed by atoms with Gasteiger partial charge >= 0.3 is 6.18 Å². The molecule has 1 aromatic heterocycles. The Kier molecular flexibility index (Phi) is 4.85. The molecule has 0 aliphatic heterocycles. The standard InChI is InChI=1S/C14H16F3N3O/c1-10-11(9-19-20-10)8-18-5-6-21-13-4-2-3-12(7-13)14(15,16)17/h2-4,7,9,18H,5-6,8H2,1H3,(H,19,20). The molecule has 0 fully saturated rings. The van der Waals surface area contributed by atoms with Crippen molar-refractivity contribution in [2.24, 2.45) is 0 Å². The van der Waals surface area contributed by atoms with Gasteiger partial charge in [-0.1, -0.05) is 6.07 Å². The Hall–Kier alpha value is -2.02. The lowest BCUT2D eigenvalue weighted by Crippen LogP contribution is -2.20. The maximum atomic E-state index is 12.5. The zero-order valence-electron chi connectivity index (χ0n) is 11.5. The van der Waals surface area contributed by atoms with Crippen molar-refractivity contribution in [3.05, 3.63) is 47.3 Å². The van der Waals surface area contributed by atoms with E-state index in [1.807, 2.05) is 6.92 Å². The van der Waals surface area contributed by atoms with Crippen LogP contribution in [0.15, 0.2) is 30.5 Å². The lowest BCUT2D eigenvalue weighted by atomic mass is 10.2. The molecule has 0 saturated heterocycles. The fourth-order valence-corrected chi connectivity index (χ4v) is 1.78. The van der Waals surface area contributed by atoms with Crippen LogP contribution >= 0.6 is 0 Å². The zero-order valence-corrected chi connectivity index (χ0v) is 11.5. The number of aromatic nitrogens is 2. The Bertz CT molecular complexity index is 581. The van der Waals surface area contributed by atoms with Crippen molar-refractivity contribution >= 4 is 0 Å². The SMILES string of the molecule is Cc1[nH]ncc1CNCCOc1cccc(C(F)(F)F)c1.